The van der Waals surface area contributed by atoms with Gasteiger partial charge in [-0.1, -0.05) is 37.6 Å². The van der Waals surface area contributed by atoms with E-state index in [-0.39, 0.29) is 0 Å². The van der Waals surface area contributed by atoms with Gasteiger partial charge in [-0.05, 0) is 30.5 Å². The van der Waals surface area contributed by atoms with Gasteiger partial charge in [0.1, 0.15) is 5.75 Å². The average Bonchev–Trinajstić information content (AvgIpc) is 2.81. The van der Waals surface area contributed by atoms with Gasteiger partial charge in [0.25, 0.3) is 0 Å². The fraction of sp³-hybridized carbons (Fsp3) is 0.500. The maximum Gasteiger partial charge on any atom is 0.205 e. The van der Waals surface area contributed by atoms with Gasteiger partial charge in [-0.2, -0.15) is 0 Å². The van der Waals surface area contributed by atoms with E-state index in [1.54, 1.807) is 0 Å². The minimum atomic E-state index is -0.565. The van der Waals surface area contributed by atoms with Crippen molar-refractivity contribution < 1.29 is 9.47 Å². The van der Waals surface area contributed by atoms with Gasteiger partial charge in [-0.15, -0.1) is 0 Å². The van der Waals surface area contributed by atoms with E-state index in [1.807, 2.05) is 44.2 Å². The van der Waals surface area contributed by atoms with Gasteiger partial charge in [0.15, 0.2) is 0 Å². The second-order valence-electron chi connectivity index (χ2n) is 5.30. The van der Waals surface area contributed by atoms with E-state index in [4.69, 9.17) is 9.47 Å². The van der Waals surface area contributed by atoms with Crippen LogP contribution in [0, 0.1) is 0 Å². The molecule has 2 nitrogen and oxygen atoms in total. The Labute approximate surface area is 110 Å². The second-order valence-corrected chi connectivity index (χ2v) is 5.30. The molecule has 1 fully saturated rings. The highest BCUT2D eigenvalue weighted by molar-refractivity contribution is 5.48. The number of rotatable bonds is 5. The molecule has 1 aliphatic rings. The summed E-state index contributed by atoms with van der Waals surface area (Å²) < 4.78 is 11.9. The maximum atomic E-state index is 6.02. The van der Waals surface area contributed by atoms with E-state index in [9.17, 15) is 0 Å². The van der Waals surface area contributed by atoms with Gasteiger partial charge in [0.05, 0.1) is 6.10 Å². The highest BCUT2D eigenvalue weighted by Crippen LogP contribution is 2.28. The Kier molecular flexibility index (Phi) is 4.07. The SMILES string of the molecule is C=Cc1ccc(OC(C)(C)OC2CCCC2)cc1. The molecule has 0 amide bonds. The molecule has 0 N–H and O–H groups in total. The summed E-state index contributed by atoms with van der Waals surface area (Å²) in [6, 6.07) is 7.90. The Morgan fingerprint density at radius 1 is 1.17 bits per heavy atom. The molecule has 0 bridgehead atoms. The van der Waals surface area contributed by atoms with E-state index < -0.39 is 5.79 Å². The van der Waals surface area contributed by atoms with Crippen LogP contribution in [0.1, 0.15) is 45.1 Å². The quantitative estimate of drug-likeness (QED) is 0.717. The topological polar surface area (TPSA) is 18.5 Å². The Balaban J connectivity index is 1.94. The molecule has 0 unspecified atom stereocenters. The zero-order chi connectivity index (χ0) is 13.0. The monoisotopic (exact) mass is 246 g/mol. The largest absolute Gasteiger partial charge is 0.463 e. The van der Waals surface area contributed by atoms with Crippen LogP contribution in [0.4, 0.5) is 0 Å². The predicted octanol–water partition coefficient (Wildman–Crippen LogP) is 4.40. The normalized spacial score (nSPS) is 16.8. The molecule has 2 heteroatoms. The van der Waals surface area contributed by atoms with Gasteiger partial charge in [0.2, 0.25) is 5.79 Å². The summed E-state index contributed by atoms with van der Waals surface area (Å²) in [5.41, 5.74) is 1.09. The minimum absolute atomic E-state index is 0.354. The van der Waals surface area contributed by atoms with Crippen molar-refractivity contribution in [1.29, 1.82) is 0 Å². The van der Waals surface area contributed by atoms with E-state index in [0.717, 1.165) is 24.2 Å². The lowest BCUT2D eigenvalue weighted by molar-refractivity contribution is -0.185. The molecular weight excluding hydrogens is 224 g/mol. The van der Waals surface area contributed by atoms with Crippen molar-refractivity contribution >= 4 is 6.08 Å². The van der Waals surface area contributed by atoms with Crippen LogP contribution in [0.2, 0.25) is 0 Å². The van der Waals surface area contributed by atoms with Crippen LogP contribution in [0.25, 0.3) is 6.08 Å². The first kappa shape index (κ1) is 13.2. The molecule has 0 aromatic heterocycles. The molecule has 0 spiro atoms. The summed E-state index contributed by atoms with van der Waals surface area (Å²) in [6.07, 6.45) is 7.03. The number of hydrogen-bond acceptors (Lipinski definition) is 2. The van der Waals surface area contributed by atoms with Gasteiger partial charge in [0, 0.05) is 13.8 Å². The third-order valence-electron chi connectivity index (χ3n) is 3.23. The van der Waals surface area contributed by atoms with Crippen LogP contribution in [0.3, 0.4) is 0 Å². The number of ether oxygens (including phenoxy) is 2. The van der Waals surface area contributed by atoms with Crippen molar-refractivity contribution in [3.63, 3.8) is 0 Å². The second kappa shape index (κ2) is 5.57. The molecule has 0 atom stereocenters. The molecule has 1 aromatic rings. The lowest BCUT2D eigenvalue weighted by Gasteiger charge is -2.29. The minimum Gasteiger partial charge on any atom is -0.463 e. The molecule has 2 rings (SSSR count). The van der Waals surface area contributed by atoms with E-state index in [0.29, 0.717) is 6.10 Å². The highest BCUT2D eigenvalue weighted by Gasteiger charge is 2.27. The third-order valence-corrected chi connectivity index (χ3v) is 3.23. The predicted molar refractivity (Wildman–Crippen MR) is 74.6 cm³/mol. The zero-order valence-electron chi connectivity index (χ0n) is 11.3. The number of benzene rings is 1. The fourth-order valence-corrected chi connectivity index (χ4v) is 2.39. The van der Waals surface area contributed by atoms with E-state index in [2.05, 4.69) is 6.58 Å². The van der Waals surface area contributed by atoms with Crippen molar-refractivity contribution in [2.75, 3.05) is 0 Å². The summed E-state index contributed by atoms with van der Waals surface area (Å²) in [5, 5.41) is 0. The first-order chi connectivity index (χ1) is 8.59. The van der Waals surface area contributed by atoms with Crippen LogP contribution >= 0.6 is 0 Å². The van der Waals surface area contributed by atoms with Crippen LogP contribution in [0.5, 0.6) is 5.75 Å². The van der Waals surface area contributed by atoms with Gasteiger partial charge in [-0.25, -0.2) is 0 Å². The van der Waals surface area contributed by atoms with Gasteiger partial charge >= 0.3 is 0 Å². The third kappa shape index (κ3) is 3.61. The first-order valence-electron chi connectivity index (χ1n) is 6.68. The molecule has 1 saturated carbocycles. The van der Waals surface area contributed by atoms with Gasteiger partial charge in [-0.3, -0.25) is 0 Å². The summed E-state index contributed by atoms with van der Waals surface area (Å²) in [4.78, 5) is 0. The van der Waals surface area contributed by atoms with Crippen molar-refractivity contribution in [2.24, 2.45) is 0 Å². The van der Waals surface area contributed by atoms with Crippen LogP contribution < -0.4 is 4.74 Å². The summed E-state index contributed by atoms with van der Waals surface area (Å²) in [6.45, 7) is 7.70. The van der Waals surface area contributed by atoms with E-state index >= 15 is 0 Å². The standard InChI is InChI=1S/C16H22O2/c1-4-13-9-11-15(12-10-13)18-16(2,3)17-14-7-5-6-8-14/h4,9-12,14H,1,5-8H2,2-3H3. The molecule has 1 aliphatic carbocycles. The van der Waals surface area contributed by atoms with Crippen LogP contribution in [-0.2, 0) is 4.74 Å². The molecule has 18 heavy (non-hydrogen) atoms. The maximum absolute atomic E-state index is 6.02. The van der Waals surface area contributed by atoms with Crippen LogP contribution in [0.15, 0.2) is 30.8 Å². The van der Waals surface area contributed by atoms with Gasteiger partial charge < -0.3 is 9.47 Å². The smallest absolute Gasteiger partial charge is 0.205 e. The lowest BCUT2D eigenvalue weighted by Crippen LogP contribution is -2.35. The summed E-state index contributed by atoms with van der Waals surface area (Å²) in [7, 11) is 0. The number of hydrogen-bond donors (Lipinski definition) is 0. The van der Waals surface area contributed by atoms with E-state index in [1.165, 1.54) is 12.8 Å². The Morgan fingerprint density at radius 3 is 2.33 bits per heavy atom. The molecule has 98 valence electrons. The fourth-order valence-electron chi connectivity index (χ4n) is 2.39. The average molecular weight is 246 g/mol. The molecular formula is C16H22O2. The van der Waals surface area contributed by atoms with Crippen molar-refractivity contribution in [1.82, 2.24) is 0 Å². The Morgan fingerprint density at radius 2 is 1.78 bits per heavy atom. The lowest BCUT2D eigenvalue weighted by atomic mass is 10.2. The molecule has 0 radical (unpaired) electrons. The Bertz CT molecular complexity index is 386. The molecule has 0 heterocycles. The van der Waals surface area contributed by atoms with Crippen LogP contribution in [-0.4, -0.2) is 11.9 Å². The summed E-state index contributed by atoms with van der Waals surface area (Å²) >= 11 is 0. The molecule has 0 saturated heterocycles. The van der Waals surface area contributed by atoms with Crippen molar-refractivity contribution in [2.45, 2.75) is 51.4 Å². The highest BCUT2D eigenvalue weighted by atomic mass is 16.7. The molecule has 0 aliphatic heterocycles. The summed E-state index contributed by atoms with van der Waals surface area (Å²) in [5.74, 6) is 0.272. The zero-order valence-corrected chi connectivity index (χ0v) is 11.3. The van der Waals surface area contributed by atoms with Crippen molar-refractivity contribution in [3.05, 3.63) is 36.4 Å². The Hall–Kier alpha value is -1.28. The molecule has 1 aromatic carbocycles. The van der Waals surface area contributed by atoms with Crippen molar-refractivity contribution in [3.8, 4) is 5.75 Å². The first-order valence-corrected chi connectivity index (χ1v) is 6.68.